The Kier molecular flexibility index (Phi) is 4.81. The molecule has 1 aromatic carbocycles. The summed E-state index contributed by atoms with van der Waals surface area (Å²) in [7, 11) is 1.68. The van der Waals surface area contributed by atoms with Gasteiger partial charge in [0.15, 0.2) is 0 Å². The molecule has 130 valence electrons. The quantitative estimate of drug-likeness (QED) is 0.916. The van der Waals surface area contributed by atoms with Gasteiger partial charge >= 0.3 is 0 Å². The Hall–Kier alpha value is -2.01. The molecule has 0 saturated carbocycles. The summed E-state index contributed by atoms with van der Waals surface area (Å²) < 4.78 is 13.2. The third kappa shape index (κ3) is 3.73. The molecule has 3 rings (SSSR count). The van der Waals surface area contributed by atoms with E-state index in [2.05, 4.69) is 29.8 Å². The van der Waals surface area contributed by atoms with E-state index in [9.17, 15) is 4.79 Å². The summed E-state index contributed by atoms with van der Waals surface area (Å²) in [6, 6.07) is 8.22. The van der Waals surface area contributed by atoms with E-state index in [1.807, 2.05) is 24.4 Å². The maximum atomic E-state index is 12.3. The lowest BCUT2D eigenvalue weighted by Crippen LogP contribution is -2.45. The van der Waals surface area contributed by atoms with Gasteiger partial charge < -0.3 is 19.4 Å². The molecule has 1 aliphatic heterocycles. The molecule has 0 aliphatic carbocycles. The molecular formula is C19H26N2O3. The number of nitrogens with zero attached hydrogens (tertiary/aromatic N) is 1. The van der Waals surface area contributed by atoms with Crippen molar-refractivity contribution in [1.29, 1.82) is 0 Å². The van der Waals surface area contributed by atoms with Gasteiger partial charge in [-0.1, -0.05) is 6.07 Å². The second kappa shape index (κ2) is 6.85. The number of hydrogen-bond acceptors (Lipinski definition) is 3. The van der Waals surface area contributed by atoms with Crippen molar-refractivity contribution in [3.63, 3.8) is 0 Å². The Morgan fingerprint density at radius 2 is 2.25 bits per heavy atom. The molecule has 1 N–H and O–H groups in total. The molecule has 1 aromatic heterocycles. The van der Waals surface area contributed by atoms with E-state index < -0.39 is 0 Å². The zero-order valence-corrected chi connectivity index (χ0v) is 14.7. The average Bonchev–Trinajstić information content (AvgIpc) is 2.95. The van der Waals surface area contributed by atoms with E-state index in [1.165, 1.54) is 0 Å². The van der Waals surface area contributed by atoms with Gasteiger partial charge in [-0.15, -0.1) is 0 Å². The highest BCUT2D eigenvalue weighted by Gasteiger charge is 2.29. The van der Waals surface area contributed by atoms with Crippen molar-refractivity contribution in [3.05, 3.63) is 30.5 Å². The first kappa shape index (κ1) is 16.8. The fraction of sp³-hybridized carbons (Fsp3) is 0.526. The summed E-state index contributed by atoms with van der Waals surface area (Å²) in [5.74, 6) is 0.961. The van der Waals surface area contributed by atoms with Crippen molar-refractivity contribution >= 4 is 16.8 Å². The summed E-state index contributed by atoms with van der Waals surface area (Å²) >= 11 is 0. The summed E-state index contributed by atoms with van der Waals surface area (Å²) in [5.41, 5.74) is 0.943. The number of carbonyl (C=O) groups excluding carboxylic acids is 1. The fourth-order valence-electron chi connectivity index (χ4n) is 3.45. The Bertz CT molecular complexity index is 720. The molecule has 0 bridgehead atoms. The van der Waals surface area contributed by atoms with Gasteiger partial charge in [0.2, 0.25) is 5.91 Å². The number of ether oxygens (including phenoxy) is 2. The summed E-state index contributed by atoms with van der Waals surface area (Å²) in [6.45, 7) is 5.52. The highest BCUT2D eigenvalue weighted by Crippen LogP contribution is 2.26. The molecule has 1 atom stereocenters. The minimum absolute atomic E-state index is 0.0995. The van der Waals surface area contributed by atoms with Crippen LogP contribution in [-0.2, 0) is 16.1 Å². The van der Waals surface area contributed by atoms with E-state index in [0.29, 0.717) is 19.6 Å². The Labute approximate surface area is 142 Å². The molecule has 1 saturated heterocycles. The normalized spacial score (nSPS) is 20.0. The predicted molar refractivity (Wildman–Crippen MR) is 94.3 cm³/mol. The van der Waals surface area contributed by atoms with Crippen LogP contribution in [0, 0.1) is 0 Å². The van der Waals surface area contributed by atoms with Crippen LogP contribution in [-0.4, -0.2) is 35.8 Å². The largest absolute Gasteiger partial charge is 0.496 e. The number of aryl methyl sites for hydroxylation is 1. The van der Waals surface area contributed by atoms with E-state index in [1.54, 1.807) is 7.11 Å². The third-order valence-electron chi connectivity index (χ3n) is 4.64. The lowest BCUT2D eigenvalue weighted by Gasteiger charge is -2.35. The van der Waals surface area contributed by atoms with Gasteiger partial charge in [0.05, 0.1) is 18.2 Å². The van der Waals surface area contributed by atoms with E-state index in [-0.39, 0.29) is 17.6 Å². The van der Waals surface area contributed by atoms with Crippen LogP contribution in [0.2, 0.25) is 0 Å². The molecule has 2 aromatic rings. The van der Waals surface area contributed by atoms with Crippen LogP contribution in [0.3, 0.4) is 0 Å². The minimum Gasteiger partial charge on any atom is -0.496 e. The molecular weight excluding hydrogens is 304 g/mol. The van der Waals surface area contributed by atoms with Crippen molar-refractivity contribution in [2.75, 3.05) is 13.7 Å². The number of hydrogen-bond donors (Lipinski definition) is 1. The number of rotatable bonds is 5. The number of benzene rings is 1. The maximum Gasteiger partial charge on any atom is 0.222 e. The van der Waals surface area contributed by atoms with Crippen LogP contribution < -0.4 is 10.1 Å². The zero-order valence-electron chi connectivity index (χ0n) is 14.7. The average molecular weight is 330 g/mol. The molecule has 2 heterocycles. The standard InChI is InChI=1S/C19H26N2O3/c1-19(2)13-14(9-12-24-19)20-18(22)8-11-21-10-7-15-16(21)5-4-6-17(15)23-3/h4-7,10,14H,8-9,11-13H2,1-3H3,(H,20,22)/t14-/m0/s1. The van der Waals surface area contributed by atoms with Crippen LogP contribution in [0.15, 0.2) is 30.5 Å². The Morgan fingerprint density at radius 1 is 1.42 bits per heavy atom. The molecule has 1 amide bonds. The van der Waals surface area contributed by atoms with Gasteiger partial charge in [-0.25, -0.2) is 0 Å². The van der Waals surface area contributed by atoms with Gasteiger partial charge in [0.25, 0.3) is 0 Å². The van der Waals surface area contributed by atoms with Crippen LogP contribution >= 0.6 is 0 Å². The highest BCUT2D eigenvalue weighted by atomic mass is 16.5. The smallest absolute Gasteiger partial charge is 0.222 e. The number of amides is 1. The predicted octanol–water partition coefficient (Wildman–Crippen LogP) is 3.11. The monoisotopic (exact) mass is 330 g/mol. The van der Waals surface area contributed by atoms with Gasteiger partial charge in [0.1, 0.15) is 5.75 Å². The topological polar surface area (TPSA) is 52.5 Å². The van der Waals surface area contributed by atoms with Crippen molar-refractivity contribution in [2.24, 2.45) is 0 Å². The SMILES string of the molecule is COc1cccc2c1ccn2CCC(=O)N[C@H]1CCOC(C)(C)C1. The number of fused-ring (bicyclic) bond motifs is 1. The first-order chi connectivity index (χ1) is 11.5. The summed E-state index contributed by atoms with van der Waals surface area (Å²) in [5, 5.41) is 4.23. The highest BCUT2D eigenvalue weighted by molar-refractivity contribution is 5.86. The number of methoxy groups -OCH3 is 1. The van der Waals surface area contributed by atoms with Crippen LogP contribution in [0.4, 0.5) is 0 Å². The molecule has 0 spiro atoms. The molecule has 5 nitrogen and oxygen atoms in total. The molecule has 5 heteroatoms. The Morgan fingerprint density at radius 3 is 3.00 bits per heavy atom. The maximum absolute atomic E-state index is 12.3. The van der Waals surface area contributed by atoms with Gasteiger partial charge in [-0.3, -0.25) is 4.79 Å². The minimum atomic E-state index is -0.149. The second-order valence-electron chi connectivity index (χ2n) is 7.02. The fourth-order valence-corrected chi connectivity index (χ4v) is 3.45. The van der Waals surface area contributed by atoms with Gasteiger partial charge in [0, 0.05) is 37.2 Å². The van der Waals surface area contributed by atoms with Gasteiger partial charge in [-0.05, 0) is 44.9 Å². The zero-order chi connectivity index (χ0) is 17.2. The number of aromatic nitrogens is 1. The van der Waals surface area contributed by atoms with E-state index in [4.69, 9.17) is 9.47 Å². The molecule has 1 aliphatic rings. The lowest BCUT2D eigenvalue weighted by molar-refractivity contribution is -0.124. The van der Waals surface area contributed by atoms with E-state index in [0.717, 1.165) is 29.5 Å². The van der Waals surface area contributed by atoms with Gasteiger partial charge in [-0.2, -0.15) is 0 Å². The van der Waals surface area contributed by atoms with Crippen molar-refractivity contribution < 1.29 is 14.3 Å². The second-order valence-corrected chi connectivity index (χ2v) is 7.02. The molecule has 24 heavy (non-hydrogen) atoms. The Balaban J connectivity index is 1.59. The van der Waals surface area contributed by atoms with Crippen LogP contribution in [0.5, 0.6) is 5.75 Å². The number of nitrogens with one attached hydrogen (secondary N) is 1. The summed E-state index contributed by atoms with van der Waals surface area (Å²) in [4.78, 5) is 12.3. The van der Waals surface area contributed by atoms with Crippen molar-refractivity contribution in [3.8, 4) is 5.75 Å². The first-order valence-electron chi connectivity index (χ1n) is 8.54. The number of carbonyl (C=O) groups is 1. The van der Waals surface area contributed by atoms with E-state index >= 15 is 0 Å². The van der Waals surface area contributed by atoms with Crippen molar-refractivity contribution in [1.82, 2.24) is 9.88 Å². The van der Waals surface area contributed by atoms with Crippen LogP contribution in [0.1, 0.15) is 33.1 Å². The lowest BCUT2D eigenvalue weighted by atomic mass is 9.94. The molecule has 1 fully saturated rings. The first-order valence-corrected chi connectivity index (χ1v) is 8.54. The van der Waals surface area contributed by atoms with Crippen molar-refractivity contribution in [2.45, 2.75) is 51.3 Å². The molecule has 0 radical (unpaired) electrons. The third-order valence-corrected chi connectivity index (χ3v) is 4.64. The summed E-state index contributed by atoms with van der Waals surface area (Å²) in [6.07, 6.45) is 4.23. The van der Waals surface area contributed by atoms with Crippen LogP contribution in [0.25, 0.3) is 10.9 Å². The molecule has 0 unspecified atom stereocenters.